The van der Waals surface area contributed by atoms with E-state index in [1.54, 1.807) is 29.7 Å². The van der Waals surface area contributed by atoms with Crippen LogP contribution in [0.3, 0.4) is 0 Å². The molecule has 0 spiro atoms. The quantitative estimate of drug-likeness (QED) is 0.821. The smallest absolute Gasteiger partial charge is 0.355 e. The minimum atomic E-state index is -0.994. The number of nitrogens with zero attached hydrogens (tertiary/aromatic N) is 1. The maximum Gasteiger partial charge on any atom is 0.355 e. The van der Waals surface area contributed by atoms with E-state index in [-0.39, 0.29) is 5.56 Å². The van der Waals surface area contributed by atoms with Crippen molar-refractivity contribution < 1.29 is 19.4 Å². The van der Waals surface area contributed by atoms with E-state index in [1.165, 1.54) is 12.1 Å². The number of aromatic nitrogens is 1. The topological polar surface area (TPSA) is 68.0 Å². The molecule has 2 aromatic rings. The molecule has 0 fully saturated rings. The lowest BCUT2D eigenvalue weighted by molar-refractivity contribution is 0.0518. The summed E-state index contributed by atoms with van der Waals surface area (Å²) < 4.78 is 6.50. The normalized spacial score (nSPS) is 10.4. The first-order valence-corrected chi connectivity index (χ1v) is 5.15. The van der Waals surface area contributed by atoms with E-state index in [0.29, 0.717) is 17.8 Å². The number of ether oxygens (including phenoxy) is 1. The van der Waals surface area contributed by atoms with E-state index >= 15 is 0 Å². The maximum atomic E-state index is 11.6. The van der Waals surface area contributed by atoms with E-state index in [0.717, 1.165) is 0 Å². The molecule has 0 aliphatic rings. The molecule has 2 aromatic heterocycles. The second kappa shape index (κ2) is 4.29. The Hall–Kier alpha value is -2.30. The van der Waals surface area contributed by atoms with Gasteiger partial charge in [0.25, 0.3) is 0 Å². The highest BCUT2D eigenvalue weighted by molar-refractivity contribution is 5.92. The number of carboxylic acids is 1. The zero-order valence-corrected chi connectivity index (χ0v) is 9.21. The van der Waals surface area contributed by atoms with Crippen molar-refractivity contribution in [3.05, 3.63) is 41.7 Å². The van der Waals surface area contributed by atoms with Gasteiger partial charge in [0.15, 0.2) is 0 Å². The van der Waals surface area contributed by atoms with Crippen molar-refractivity contribution in [1.82, 2.24) is 4.40 Å². The molecule has 0 saturated carbocycles. The molecule has 5 nitrogen and oxygen atoms in total. The number of carbonyl (C=O) groups is 2. The summed E-state index contributed by atoms with van der Waals surface area (Å²) in [5.74, 6) is -1.41. The summed E-state index contributed by atoms with van der Waals surface area (Å²) in [5.41, 5.74) is 1.22. The van der Waals surface area contributed by atoms with Crippen molar-refractivity contribution >= 4 is 17.5 Å². The monoisotopic (exact) mass is 233 g/mol. The summed E-state index contributed by atoms with van der Waals surface area (Å²) >= 11 is 0. The lowest BCUT2D eigenvalue weighted by atomic mass is 10.2. The van der Waals surface area contributed by atoms with Crippen LogP contribution in [0.1, 0.15) is 27.8 Å². The average Bonchev–Trinajstić information content (AvgIpc) is 2.71. The standard InChI is InChI=1S/C12H11NO4/c1-2-17-12(16)10-4-3-9-7-8(11(14)15)5-6-13(9)10/h3-7H,2H2,1H3,(H,14,15). The van der Waals surface area contributed by atoms with Gasteiger partial charge in [0, 0.05) is 11.7 Å². The maximum absolute atomic E-state index is 11.6. The molecule has 17 heavy (non-hydrogen) atoms. The number of pyridine rings is 1. The highest BCUT2D eigenvalue weighted by Gasteiger charge is 2.12. The fourth-order valence-corrected chi connectivity index (χ4v) is 1.61. The van der Waals surface area contributed by atoms with Crippen LogP contribution in [0.25, 0.3) is 5.52 Å². The van der Waals surface area contributed by atoms with Crippen LogP contribution in [0.4, 0.5) is 0 Å². The lowest BCUT2D eigenvalue weighted by Crippen LogP contribution is -2.08. The van der Waals surface area contributed by atoms with E-state index in [2.05, 4.69) is 0 Å². The third-order valence-electron chi connectivity index (χ3n) is 2.39. The van der Waals surface area contributed by atoms with Gasteiger partial charge in [-0.1, -0.05) is 0 Å². The van der Waals surface area contributed by atoms with E-state index in [4.69, 9.17) is 9.84 Å². The second-order valence-corrected chi connectivity index (χ2v) is 3.45. The predicted molar refractivity (Wildman–Crippen MR) is 60.3 cm³/mol. The molecule has 0 bridgehead atoms. The molecule has 0 atom stereocenters. The minimum absolute atomic E-state index is 0.186. The third-order valence-corrected chi connectivity index (χ3v) is 2.39. The van der Waals surface area contributed by atoms with Gasteiger partial charge in [-0.25, -0.2) is 9.59 Å². The number of fused-ring (bicyclic) bond motifs is 1. The van der Waals surface area contributed by atoms with Crippen LogP contribution in [0.2, 0.25) is 0 Å². The number of rotatable bonds is 3. The first kappa shape index (κ1) is 11.2. The zero-order chi connectivity index (χ0) is 12.4. The molecule has 0 unspecified atom stereocenters. The fourth-order valence-electron chi connectivity index (χ4n) is 1.61. The minimum Gasteiger partial charge on any atom is -0.478 e. The molecular weight excluding hydrogens is 222 g/mol. The van der Waals surface area contributed by atoms with Crippen molar-refractivity contribution in [2.45, 2.75) is 6.92 Å². The summed E-state index contributed by atoms with van der Waals surface area (Å²) in [6, 6.07) is 6.24. The number of hydrogen-bond donors (Lipinski definition) is 1. The van der Waals surface area contributed by atoms with E-state index < -0.39 is 11.9 Å². The summed E-state index contributed by atoms with van der Waals surface area (Å²) in [6.07, 6.45) is 1.55. The predicted octanol–water partition coefficient (Wildman–Crippen LogP) is 1.81. The number of carbonyl (C=O) groups excluding carboxylic acids is 1. The van der Waals surface area contributed by atoms with Gasteiger partial charge in [-0.05, 0) is 31.2 Å². The molecule has 2 heterocycles. The molecule has 0 amide bonds. The number of carboxylic acid groups (broad SMARTS) is 1. The van der Waals surface area contributed by atoms with Gasteiger partial charge in [0.05, 0.1) is 12.2 Å². The molecule has 1 N–H and O–H groups in total. The molecule has 2 rings (SSSR count). The summed E-state index contributed by atoms with van der Waals surface area (Å²) in [6.45, 7) is 2.04. The highest BCUT2D eigenvalue weighted by atomic mass is 16.5. The van der Waals surface area contributed by atoms with Gasteiger partial charge in [0.1, 0.15) is 5.69 Å². The van der Waals surface area contributed by atoms with Gasteiger partial charge >= 0.3 is 11.9 Å². The van der Waals surface area contributed by atoms with E-state index in [9.17, 15) is 9.59 Å². The Balaban J connectivity index is 2.48. The molecule has 0 radical (unpaired) electrons. The van der Waals surface area contributed by atoms with Gasteiger partial charge in [-0.2, -0.15) is 0 Å². The molecule has 5 heteroatoms. The molecule has 0 aromatic carbocycles. The van der Waals surface area contributed by atoms with Crippen molar-refractivity contribution in [2.24, 2.45) is 0 Å². The van der Waals surface area contributed by atoms with Crippen molar-refractivity contribution in [1.29, 1.82) is 0 Å². The zero-order valence-electron chi connectivity index (χ0n) is 9.21. The Morgan fingerprint density at radius 1 is 1.35 bits per heavy atom. The van der Waals surface area contributed by atoms with Gasteiger partial charge in [-0.15, -0.1) is 0 Å². The number of esters is 1. The van der Waals surface area contributed by atoms with Crippen LogP contribution < -0.4 is 0 Å². The van der Waals surface area contributed by atoms with Gasteiger partial charge < -0.3 is 14.2 Å². The number of aromatic carboxylic acids is 1. The van der Waals surface area contributed by atoms with Gasteiger partial charge in [0.2, 0.25) is 0 Å². The SMILES string of the molecule is CCOC(=O)c1ccc2cc(C(=O)O)ccn12. The highest BCUT2D eigenvalue weighted by Crippen LogP contribution is 2.13. The first-order chi connectivity index (χ1) is 8.13. The Labute approximate surface area is 97.2 Å². The van der Waals surface area contributed by atoms with Crippen LogP contribution >= 0.6 is 0 Å². The Kier molecular flexibility index (Phi) is 2.82. The average molecular weight is 233 g/mol. The van der Waals surface area contributed by atoms with Crippen LogP contribution in [0.5, 0.6) is 0 Å². The number of hydrogen-bond acceptors (Lipinski definition) is 3. The van der Waals surface area contributed by atoms with Gasteiger partial charge in [-0.3, -0.25) is 0 Å². The van der Waals surface area contributed by atoms with Crippen molar-refractivity contribution in [2.75, 3.05) is 6.61 Å². The van der Waals surface area contributed by atoms with Crippen LogP contribution in [-0.4, -0.2) is 28.1 Å². The van der Waals surface area contributed by atoms with Crippen molar-refractivity contribution in [3.8, 4) is 0 Å². The van der Waals surface area contributed by atoms with Crippen LogP contribution in [0, 0.1) is 0 Å². The molecule has 0 aliphatic heterocycles. The summed E-state index contributed by atoms with van der Waals surface area (Å²) in [5, 5.41) is 8.84. The van der Waals surface area contributed by atoms with Crippen LogP contribution in [-0.2, 0) is 4.74 Å². The van der Waals surface area contributed by atoms with Crippen LogP contribution in [0.15, 0.2) is 30.5 Å². The lowest BCUT2D eigenvalue weighted by Gasteiger charge is -2.03. The molecule has 0 saturated heterocycles. The Bertz CT molecular complexity index is 585. The molecule has 0 aliphatic carbocycles. The second-order valence-electron chi connectivity index (χ2n) is 3.45. The van der Waals surface area contributed by atoms with E-state index in [1.807, 2.05) is 0 Å². The largest absolute Gasteiger partial charge is 0.478 e. The van der Waals surface area contributed by atoms with Crippen molar-refractivity contribution in [3.63, 3.8) is 0 Å². The summed E-state index contributed by atoms with van der Waals surface area (Å²) in [4.78, 5) is 22.4. The first-order valence-electron chi connectivity index (χ1n) is 5.15. The fraction of sp³-hybridized carbons (Fsp3) is 0.167. The third kappa shape index (κ3) is 1.99. The Morgan fingerprint density at radius 2 is 2.12 bits per heavy atom. The molecule has 88 valence electrons. The Morgan fingerprint density at radius 3 is 2.76 bits per heavy atom. The molecular formula is C12H11NO4. The summed E-state index contributed by atoms with van der Waals surface area (Å²) in [7, 11) is 0.